The molecule has 106 valence electrons. The van der Waals surface area contributed by atoms with Gasteiger partial charge in [-0.1, -0.05) is 12.1 Å². The predicted octanol–water partition coefficient (Wildman–Crippen LogP) is 2.45. The van der Waals surface area contributed by atoms with E-state index >= 15 is 0 Å². The summed E-state index contributed by atoms with van der Waals surface area (Å²) in [5.41, 5.74) is 9.61. The molecule has 1 heterocycles. The summed E-state index contributed by atoms with van der Waals surface area (Å²) in [7, 11) is 1.75. The first-order valence-corrected chi connectivity index (χ1v) is 7.16. The van der Waals surface area contributed by atoms with Crippen molar-refractivity contribution in [3.05, 3.63) is 28.8 Å². The maximum absolute atomic E-state index is 5.68. The molecule has 0 aliphatic carbocycles. The van der Waals surface area contributed by atoms with Gasteiger partial charge in [0, 0.05) is 25.7 Å². The van der Waals surface area contributed by atoms with Crippen LogP contribution in [0.5, 0.6) is 5.75 Å². The average molecular weight is 262 g/mol. The Morgan fingerprint density at radius 2 is 1.95 bits per heavy atom. The van der Waals surface area contributed by atoms with Crippen molar-refractivity contribution >= 4 is 0 Å². The minimum absolute atomic E-state index is 0.629. The Bertz CT molecular complexity index is 421. The van der Waals surface area contributed by atoms with Gasteiger partial charge in [-0.15, -0.1) is 0 Å². The summed E-state index contributed by atoms with van der Waals surface area (Å²) in [5, 5.41) is 0. The lowest BCUT2D eigenvalue weighted by atomic mass is 9.93. The SMILES string of the molecule is COc1c(C)cc(C2CC(C)N(CCN)C2)cc1C. The van der Waals surface area contributed by atoms with Crippen LogP contribution < -0.4 is 10.5 Å². The lowest BCUT2D eigenvalue weighted by molar-refractivity contribution is 0.275. The van der Waals surface area contributed by atoms with Gasteiger partial charge in [0.05, 0.1) is 7.11 Å². The third kappa shape index (κ3) is 2.93. The van der Waals surface area contributed by atoms with E-state index in [0.717, 1.165) is 25.4 Å². The van der Waals surface area contributed by atoms with Crippen LogP contribution in [0, 0.1) is 13.8 Å². The molecule has 0 spiro atoms. The quantitative estimate of drug-likeness (QED) is 0.906. The summed E-state index contributed by atoms with van der Waals surface area (Å²) in [6.07, 6.45) is 1.23. The van der Waals surface area contributed by atoms with Crippen LogP contribution in [0.3, 0.4) is 0 Å². The number of likely N-dealkylation sites (tertiary alicyclic amines) is 1. The van der Waals surface area contributed by atoms with Crippen molar-refractivity contribution in [3.63, 3.8) is 0 Å². The Labute approximate surface area is 116 Å². The molecule has 2 unspecified atom stereocenters. The van der Waals surface area contributed by atoms with E-state index in [2.05, 4.69) is 37.8 Å². The van der Waals surface area contributed by atoms with Crippen molar-refractivity contribution in [1.82, 2.24) is 4.90 Å². The molecule has 1 saturated heterocycles. The lowest BCUT2D eigenvalue weighted by Crippen LogP contribution is -2.32. The van der Waals surface area contributed by atoms with Crippen molar-refractivity contribution in [2.75, 3.05) is 26.7 Å². The fourth-order valence-corrected chi connectivity index (χ4v) is 3.36. The van der Waals surface area contributed by atoms with Gasteiger partial charge in [0.2, 0.25) is 0 Å². The molecule has 0 bridgehead atoms. The Morgan fingerprint density at radius 3 is 2.47 bits per heavy atom. The molecular formula is C16H26N2O. The Balaban J connectivity index is 2.20. The van der Waals surface area contributed by atoms with Gasteiger partial charge in [-0.3, -0.25) is 4.90 Å². The maximum atomic E-state index is 5.68. The molecular weight excluding hydrogens is 236 g/mol. The van der Waals surface area contributed by atoms with E-state index in [9.17, 15) is 0 Å². The normalized spacial score (nSPS) is 23.8. The molecule has 1 fully saturated rings. The molecule has 2 rings (SSSR count). The van der Waals surface area contributed by atoms with Gasteiger partial charge in [-0.2, -0.15) is 0 Å². The van der Waals surface area contributed by atoms with E-state index in [1.54, 1.807) is 7.11 Å². The Morgan fingerprint density at radius 1 is 1.32 bits per heavy atom. The highest BCUT2D eigenvalue weighted by atomic mass is 16.5. The molecule has 3 nitrogen and oxygen atoms in total. The van der Waals surface area contributed by atoms with Crippen LogP contribution in [-0.2, 0) is 0 Å². The average Bonchev–Trinajstić information content (AvgIpc) is 2.71. The minimum atomic E-state index is 0.629. The summed E-state index contributed by atoms with van der Waals surface area (Å²) >= 11 is 0. The van der Waals surface area contributed by atoms with Crippen molar-refractivity contribution in [2.45, 2.75) is 39.2 Å². The summed E-state index contributed by atoms with van der Waals surface area (Å²) in [6.45, 7) is 9.45. The first-order chi connectivity index (χ1) is 9.06. The van der Waals surface area contributed by atoms with Crippen molar-refractivity contribution in [3.8, 4) is 5.75 Å². The van der Waals surface area contributed by atoms with Gasteiger partial charge in [0.25, 0.3) is 0 Å². The van der Waals surface area contributed by atoms with Gasteiger partial charge >= 0.3 is 0 Å². The van der Waals surface area contributed by atoms with E-state index in [0.29, 0.717) is 12.0 Å². The zero-order valence-electron chi connectivity index (χ0n) is 12.6. The van der Waals surface area contributed by atoms with E-state index < -0.39 is 0 Å². The van der Waals surface area contributed by atoms with Crippen LogP contribution in [0.15, 0.2) is 12.1 Å². The monoisotopic (exact) mass is 262 g/mol. The Kier molecular flexibility index (Phi) is 4.48. The standard InChI is InChI=1S/C16H26N2O/c1-11-7-14(8-12(2)16(11)19-4)15-9-13(3)18(10-15)6-5-17/h7-8,13,15H,5-6,9-10,17H2,1-4H3. The number of nitrogens with zero attached hydrogens (tertiary/aromatic N) is 1. The first-order valence-electron chi connectivity index (χ1n) is 7.16. The highest BCUT2D eigenvalue weighted by molar-refractivity contribution is 5.44. The molecule has 0 aromatic heterocycles. The third-order valence-electron chi connectivity index (χ3n) is 4.28. The summed E-state index contributed by atoms with van der Waals surface area (Å²) < 4.78 is 5.45. The number of hydrogen-bond acceptors (Lipinski definition) is 3. The smallest absolute Gasteiger partial charge is 0.124 e. The maximum Gasteiger partial charge on any atom is 0.124 e. The zero-order valence-corrected chi connectivity index (χ0v) is 12.6. The van der Waals surface area contributed by atoms with E-state index in [-0.39, 0.29) is 0 Å². The topological polar surface area (TPSA) is 38.5 Å². The van der Waals surface area contributed by atoms with Crippen LogP contribution in [0.4, 0.5) is 0 Å². The van der Waals surface area contributed by atoms with Crippen molar-refractivity contribution in [1.29, 1.82) is 0 Å². The van der Waals surface area contributed by atoms with Crippen LogP contribution in [0.2, 0.25) is 0 Å². The highest BCUT2D eigenvalue weighted by Crippen LogP contribution is 2.34. The number of hydrogen-bond donors (Lipinski definition) is 1. The molecule has 1 aromatic carbocycles. The molecule has 0 amide bonds. The van der Waals surface area contributed by atoms with Crippen LogP contribution >= 0.6 is 0 Å². The number of benzene rings is 1. The second-order valence-electron chi connectivity index (χ2n) is 5.75. The van der Waals surface area contributed by atoms with Crippen LogP contribution in [-0.4, -0.2) is 37.7 Å². The predicted molar refractivity (Wildman–Crippen MR) is 79.9 cm³/mol. The summed E-state index contributed by atoms with van der Waals surface area (Å²) in [6, 6.07) is 5.21. The van der Waals surface area contributed by atoms with E-state index in [4.69, 9.17) is 10.5 Å². The summed E-state index contributed by atoms with van der Waals surface area (Å²) in [4.78, 5) is 2.50. The second kappa shape index (κ2) is 5.93. The van der Waals surface area contributed by atoms with Gasteiger partial charge in [-0.05, 0) is 49.8 Å². The van der Waals surface area contributed by atoms with Gasteiger partial charge in [0.1, 0.15) is 5.75 Å². The van der Waals surface area contributed by atoms with Crippen molar-refractivity contribution < 1.29 is 4.74 Å². The molecule has 2 N–H and O–H groups in total. The van der Waals surface area contributed by atoms with Gasteiger partial charge in [0.15, 0.2) is 0 Å². The third-order valence-corrected chi connectivity index (χ3v) is 4.28. The minimum Gasteiger partial charge on any atom is -0.496 e. The number of aryl methyl sites for hydroxylation is 2. The fraction of sp³-hybridized carbons (Fsp3) is 0.625. The second-order valence-corrected chi connectivity index (χ2v) is 5.75. The first kappa shape index (κ1) is 14.4. The molecule has 0 saturated carbocycles. The van der Waals surface area contributed by atoms with Crippen LogP contribution in [0.1, 0.15) is 36.0 Å². The number of ether oxygens (including phenoxy) is 1. The number of nitrogens with two attached hydrogens (primary N) is 1. The highest BCUT2D eigenvalue weighted by Gasteiger charge is 2.29. The molecule has 1 aromatic rings. The molecule has 2 atom stereocenters. The van der Waals surface area contributed by atoms with E-state index in [1.807, 2.05) is 0 Å². The number of rotatable bonds is 4. The molecule has 1 aliphatic rings. The largest absolute Gasteiger partial charge is 0.496 e. The van der Waals surface area contributed by atoms with Gasteiger partial charge in [-0.25, -0.2) is 0 Å². The summed E-state index contributed by atoms with van der Waals surface area (Å²) in [5.74, 6) is 1.65. The van der Waals surface area contributed by atoms with E-state index in [1.165, 1.54) is 23.1 Å². The number of methoxy groups -OCH3 is 1. The zero-order chi connectivity index (χ0) is 14.0. The molecule has 19 heavy (non-hydrogen) atoms. The molecule has 0 radical (unpaired) electrons. The van der Waals surface area contributed by atoms with Gasteiger partial charge < -0.3 is 10.5 Å². The molecule has 1 aliphatic heterocycles. The Hall–Kier alpha value is -1.06. The molecule has 3 heteroatoms. The lowest BCUT2D eigenvalue weighted by Gasteiger charge is -2.19. The van der Waals surface area contributed by atoms with Crippen LogP contribution in [0.25, 0.3) is 0 Å². The van der Waals surface area contributed by atoms with Crippen molar-refractivity contribution in [2.24, 2.45) is 5.73 Å². The fourth-order valence-electron chi connectivity index (χ4n) is 3.36.